The number of para-hydroxylation sites is 1. The molecule has 0 unspecified atom stereocenters. The van der Waals surface area contributed by atoms with Gasteiger partial charge in [-0.05, 0) is 61.7 Å². The maximum absolute atomic E-state index is 10.2. The number of piperazine rings is 1. The fourth-order valence-corrected chi connectivity index (χ4v) is 4.69. The molecule has 2 aromatic carbocycles. The summed E-state index contributed by atoms with van der Waals surface area (Å²) >= 11 is 0. The van der Waals surface area contributed by atoms with Crippen molar-refractivity contribution in [3.05, 3.63) is 60.2 Å². The largest absolute Gasteiger partial charge is 0.494 e. The molecule has 0 atom stereocenters. The first-order valence-electron chi connectivity index (χ1n) is 11.0. The van der Waals surface area contributed by atoms with Crippen LogP contribution in [-0.4, -0.2) is 57.9 Å². The van der Waals surface area contributed by atoms with Crippen LogP contribution in [0.2, 0.25) is 0 Å². The minimum Gasteiger partial charge on any atom is -0.494 e. The number of rotatable bonds is 6. The van der Waals surface area contributed by atoms with E-state index in [1.165, 1.54) is 10.9 Å². The Morgan fingerprint density at radius 2 is 1.87 bits per heavy atom. The molecule has 1 aliphatic heterocycles. The minimum absolute atomic E-state index is 0.210. The van der Waals surface area contributed by atoms with Crippen molar-refractivity contribution in [2.24, 2.45) is 0 Å². The molecule has 0 bridgehead atoms. The summed E-state index contributed by atoms with van der Waals surface area (Å²) < 4.78 is 0. The van der Waals surface area contributed by atoms with Crippen molar-refractivity contribution in [1.82, 2.24) is 20.1 Å². The number of fused-ring (bicyclic) bond motifs is 2. The van der Waals surface area contributed by atoms with E-state index < -0.39 is 0 Å². The number of aromatic nitrogens is 3. The number of hydrogen-bond donors (Lipinski definition) is 3. The van der Waals surface area contributed by atoms with Crippen molar-refractivity contribution >= 4 is 33.2 Å². The Bertz CT molecular complexity index is 1230. The fourth-order valence-electron chi connectivity index (χ4n) is 4.69. The highest BCUT2D eigenvalue weighted by molar-refractivity contribution is 5.95. The van der Waals surface area contributed by atoms with E-state index in [2.05, 4.69) is 68.0 Å². The normalized spacial score (nSPS) is 15.2. The van der Waals surface area contributed by atoms with Crippen LogP contribution in [0.4, 0.5) is 5.82 Å². The highest BCUT2D eigenvalue weighted by atomic mass is 16.3. The molecular formula is C25H29N5O. The molecule has 0 saturated carbocycles. The van der Waals surface area contributed by atoms with E-state index >= 15 is 0 Å². The van der Waals surface area contributed by atoms with Gasteiger partial charge in [0.15, 0.2) is 11.7 Å². The third-order valence-electron chi connectivity index (χ3n) is 6.33. The van der Waals surface area contributed by atoms with Crippen LogP contribution in [0.1, 0.15) is 24.5 Å². The standard InChI is InChI=1S/C25H29N5O/c1-17(2)23-20-16-18(9-10-21(20)26-25(23)31)6-5-11-29-12-14-30(15-13-29)24-19-7-3-4-8-22(19)27-28-24/h3-4,7-10,16,26,31H,1,5-6,11-15H2,2H3,(H,27,28). The SMILES string of the molecule is C=C(C)c1c(O)[nH]c2ccc(CCCN3CCN(c4n[nH]c5ccccc45)CC3)cc12. The van der Waals surface area contributed by atoms with Gasteiger partial charge in [-0.15, -0.1) is 0 Å². The van der Waals surface area contributed by atoms with Crippen molar-refractivity contribution in [3.63, 3.8) is 0 Å². The van der Waals surface area contributed by atoms with E-state index in [1.54, 1.807) is 0 Å². The molecule has 3 heterocycles. The number of nitrogens with one attached hydrogen (secondary N) is 2. The quantitative estimate of drug-likeness (QED) is 0.432. The summed E-state index contributed by atoms with van der Waals surface area (Å²) in [7, 11) is 0. The van der Waals surface area contributed by atoms with Crippen LogP contribution in [-0.2, 0) is 6.42 Å². The molecule has 6 nitrogen and oxygen atoms in total. The van der Waals surface area contributed by atoms with E-state index in [9.17, 15) is 5.11 Å². The molecule has 31 heavy (non-hydrogen) atoms. The number of H-pyrrole nitrogens is 2. The Hall–Kier alpha value is -3.25. The second-order valence-corrected chi connectivity index (χ2v) is 8.53. The maximum Gasteiger partial charge on any atom is 0.197 e. The third-order valence-corrected chi connectivity index (χ3v) is 6.33. The monoisotopic (exact) mass is 415 g/mol. The smallest absolute Gasteiger partial charge is 0.197 e. The molecule has 2 aromatic heterocycles. The van der Waals surface area contributed by atoms with Crippen LogP contribution in [0.5, 0.6) is 5.88 Å². The summed E-state index contributed by atoms with van der Waals surface area (Å²) in [6.45, 7) is 11.2. The molecule has 160 valence electrons. The summed E-state index contributed by atoms with van der Waals surface area (Å²) in [6, 6.07) is 14.7. The lowest BCUT2D eigenvalue weighted by Crippen LogP contribution is -2.46. The zero-order valence-corrected chi connectivity index (χ0v) is 18.0. The Morgan fingerprint density at radius 3 is 2.68 bits per heavy atom. The van der Waals surface area contributed by atoms with Crippen molar-refractivity contribution < 1.29 is 5.11 Å². The Balaban J connectivity index is 1.17. The number of nitrogens with zero attached hydrogens (tertiary/aromatic N) is 3. The Kier molecular flexibility index (Phi) is 5.16. The predicted molar refractivity (Wildman–Crippen MR) is 128 cm³/mol. The van der Waals surface area contributed by atoms with Crippen molar-refractivity contribution in [1.29, 1.82) is 0 Å². The summed E-state index contributed by atoms with van der Waals surface area (Å²) in [5, 5.41) is 20.1. The van der Waals surface area contributed by atoms with Gasteiger partial charge in [-0.2, -0.15) is 5.10 Å². The average Bonchev–Trinajstić information content (AvgIpc) is 3.34. The van der Waals surface area contributed by atoms with Crippen molar-refractivity contribution in [3.8, 4) is 5.88 Å². The molecule has 1 saturated heterocycles. The number of aryl methyl sites for hydroxylation is 1. The lowest BCUT2D eigenvalue weighted by molar-refractivity contribution is 0.254. The Labute approximate surface area is 182 Å². The molecule has 0 aliphatic carbocycles. The van der Waals surface area contributed by atoms with Crippen LogP contribution in [0.15, 0.2) is 49.0 Å². The fraction of sp³-hybridized carbons (Fsp3) is 0.320. The van der Waals surface area contributed by atoms with Gasteiger partial charge in [0.05, 0.1) is 5.52 Å². The molecule has 5 rings (SSSR count). The van der Waals surface area contributed by atoms with Gasteiger partial charge in [-0.25, -0.2) is 0 Å². The first-order chi connectivity index (χ1) is 15.1. The molecule has 3 N–H and O–H groups in total. The molecule has 4 aromatic rings. The summed E-state index contributed by atoms with van der Waals surface area (Å²) in [5.74, 6) is 1.29. The molecule has 1 aliphatic rings. The van der Waals surface area contributed by atoms with Gasteiger partial charge in [0, 0.05) is 48.0 Å². The number of allylic oxidation sites excluding steroid dienone is 1. The summed E-state index contributed by atoms with van der Waals surface area (Å²) in [4.78, 5) is 7.98. The van der Waals surface area contributed by atoms with Crippen molar-refractivity contribution in [2.45, 2.75) is 19.8 Å². The highest BCUT2D eigenvalue weighted by Crippen LogP contribution is 2.33. The lowest BCUT2D eigenvalue weighted by Gasteiger charge is -2.35. The van der Waals surface area contributed by atoms with E-state index in [0.29, 0.717) is 0 Å². The second-order valence-electron chi connectivity index (χ2n) is 8.53. The molecule has 0 spiro atoms. The molecule has 0 radical (unpaired) electrons. The van der Waals surface area contributed by atoms with Gasteiger partial charge in [0.2, 0.25) is 0 Å². The first kappa shape index (κ1) is 19.7. The number of aromatic amines is 2. The van der Waals surface area contributed by atoms with Crippen LogP contribution in [0.3, 0.4) is 0 Å². The first-order valence-corrected chi connectivity index (χ1v) is 11.0. The van der Waals surface area contributed by atoms with Gasteiger partial charge in [0.1, 0.15) is 0 Å². The number of hydrogen-bond acceptors (Lipinski definition) is 4. The molecular weight excluding hydrogens is 386 g/mol. The molecule has 0 amide bonds. The van der Waals surface area contributed by atoms with Crippen LogP contribution in [0.25, 0.3) is 27.4 Å². The van der Waals surface area contributed by atoms with Crippen molar-refractivity contribution in [2.75, 3.05) is 37.6 Å². The highest BCUT2D eigenvalue weighted by Gasteiger charge is 2.20. The Morgan fingerprint density at radius 1 is 1.06 bits per heavy atom. The van der Waals surface area contributed by atoms with Crippen LogP contribution >= 0.6 is 0 Å². The topological polar surface area (TPSA) is 71.2 Å². The number of anilines is 1. The van der Waals surface area contributed by atoms with Gasteiger partial charge in [0.25, 0.3) is 0 Å². The third kappa shape index (κ3) is 3.79. The zero-order valence-electron chi connectivity index (χ0n) is 18.0. The van der Waals surface area contributed by atoms with Gasteiger partial charge in [-0.1, -0.05) is 24.8 Å². The number of aromatic hydroxyl groups is 1. The van der Waals surface area contributed by atoms with E-state index in [1.807, 2.05) is 13.0 Å². The second kappa shape index (κ2) is 8.12. The van der Waals surface area contributed by atoms with Gasteiger partial charge < -0.3 is 15.0 Å². The van der Waals surface area contributed by atoms with E-state index in [0.717, 1.165) is 78.9 Å². The van der Waals surface area contributed by atoms with Crippen LogP contribution in [0, 0.1) is 0 Å². The lowest BCUT2D eigenvalue weighted by atomic mass is 10.0. The van der Waals surface area contributed by atoms with Gasteiger partial charge >= 0.3 is 0 Å². The van der Waals surface area contributed by atoms with Gasteiger partial charge in [-0.3, -0.25) is 10.00 Å². The predicted octanol–water partition coefficient (Wildman–Crippen LogP) is 4.54. The average molecular weight is 416 g/mol. The summed E-state index contributed by atoms with van der Waals surface area (Å²) in [5.41, 5.74) is 5.07. The summed E-state index contributed by atoms with van der Waals surface area (Å²) in [6.07, 6.45) is 2.15. The van der Waals surface area contributed by atoms with E-state index in [-0.39, 0.29) is 5.88 Å². The molecule has 1 fully saturated rings. The zero-order chi connectivity index (χ0) is 21.4. The van der Waals surface area contributed by atoms with Crippen LogP contribution < -0.4 is 4.90 Å². The van der Waals surface area contributed by atoms with E-state index in [4.69, 9.17) is 0 Å². The minimum atomic E-state index is 0.210. The molecule has 6 heteroatoms. The maximum atomic E-state index is 10.2. The number of benzene rings is 2.